The van der Waals surface area contributed by atoms with Crippen LogP contribution in [0.4, 0.5) is 10.1 Å². The van der Waals surface area contributed by atoms with Gasteiger partial charge in [0.15, 0.2) is 0 Å². The molecule has 2 heterocycles. The van der Waals surface area contributed by atoms with Gasteiger partial charge in [-0.2, -0.15) is 0 Å². The van der Waals surface area contributed by atoms with Crippen LogP contribution in [0, 0.1) is 5.82 Å². The van der Waals surface area contributed by atoms with Crippen molar-refractivity contribution in [1.82, 2.24) is 4.57 Å². The first kappa shape index (κ1) is 17.3. The zero-order chi connectivity index (χ0) is 19.1. The monoisotopic (exact) mass is 384 g/mol. The Hall–Kier alpha value is -3.12. The lowest BCUT2D eigenvalue weighted by molar-refractivity contribution is -0.116. The van der Waals surface area contributed by atoms with Crippen molar-refractivity contribution >= 4 is 29.2 Å². The van der Waals surface area contributed by atoms with Crippen molar-refractivity contribution < 1.29 is 19.1 Å². The molecule has 136 valence electrons. The van der Waals surface area contributed by atoms with E-state index in [0.29, 0.717) is 16.4 Å². The van der Waals surface area contributed by atoms with E-state index in [4.69, 9.17) is 11.6 Å². The Balaban J connectivity index is 1.97. The second-order valence-electron chi connectivity index (χ2n) is 6.31. The van der Waals surface area contributed by atoms with Gasteiger partial charge in [-0.3, -0.25) is 4.79 Å². The molecule has 1 aromatic heterocycles. The van der Waals surface area contributed by atoms with E-state index >= 15 is 0 Å². The molecule has 5 nitrogen and oxygen atoms in total. The quantitative estimate of drug-likeness (QED) is 0.701. The molecule has 7 heteroatoms. The summed E-state index contributed by atoms with van der Waals surface area (Å²) in [5, 5.41) is 12.8. The number of carbonyl (C=O) groups is 2. The van der Waals surface area contributed by atoms with Crippen LogP contribution in [0.3, 0.4) is 0 Å². The molecule has 3 aromatic rings. The minimum absolute atomic E-state index is 0.0405. The van der Waals surface area contributed by atoms with Crippen LogP contribution in [0.1, 0.15) is 34.0 Å². The van der Waals surface area contributed by atoms with E-state index in [9.17, 15) is 19.1 Å². The SMILES string of the molecule is O=C1C[C@H](c2ccc(Cl)cc2)c2c(c(C(=O)O)cn2-c2cccc(F)c2)N1. The Morgan fingerprint density at radius 2 is 1.96 bits per heavy atom. The normalized spacial score (nSPS) is 15.9. The van der Waals surface area contributed by atoms with E-state index in [1.54, 1.807) is 41.0 Å². The molecule has 0 unspecified atom stereocenters. The van der Waals surface area contributed by atoms with Gasteiger partial charge in [0.05, 0.1) is 11.4 Å². The molecule has 1 atom stereocenters. The topological polar surface area (TPSA) is 71.3 Å². The summed E-state index contributed by atoms with van der Waals surface area (Å²) in [6.45, 7) is 0. The number of benzene rings is 2. The zero-order valence-electron chi connectivity index (χ0n) is 13.9. The standard InChI is InChI=1S/C20H14ClFN2O3/c21-12-6-4-11(5-7-12)15-9-17(25)23-18-16(20(26)27)10-24(19(15)18)14-3-1-2-13(22)8-14/h1-8,10,15H,9H2,(H,23,25)(H,26,27)/t15-/m1/s1. The van der Waals surface area contributed by atoms with E-state index in [2.05, 4.69) is 5.32 Å². The number of aromatic nitrogens is 1. The molecule has 0 fully saturated rings. The molecule has 27 heavy (non-hydrogen) atoms. The van der Waals surface area contributed by atoms with Gasteiger partial charge in [0.2, 0.25) is 5.91 Å². The van der Waals surface area contributed by atoms with Crippen molar-refractivity contribution in [3.63, 3.8) is 0 Å². The highest BCUT2D eigenvalue weighted by Crippen LogP contribution is 2.41. The van der Waals surface area contributed by atoms with Crippen LogP contribution in [-0.4, -0.2) is 21.6 Å². The maximum Gasteiger partial charge on any atom is 0.339 e. The average Bonchev–Trinajstić information content (AvgIpc) is 3.01. The van der Waals surface area contributed by atoms with Gasteiger partial charge >= 0.3 is 5.97 Å². The number of nitrogens with zero attached hydrogens (tertiary/aromatic N) is 1. The number of aromatic carboxylic acids is 1. The average molecular weight is 385 g/mol. The Bertz CT molecular complexity index is 1060. The fraction of sp³-hybridized carbons (Fsp3) is 0.100. The lowest BCUT2D eigenvalue weighted by Crippen LogP contribution is -2.25. The second-order valence-corrected chi connectivity index (χ2v) is 6.75. The summed E-state index contributed by atoms with van der Waals surface area (Å²) >= 11 is 5.97. The molecular formula is C20H14ClFN2O3. The maximum atomic E-state index is 13.8. The van der Waals surface area contributed by atoms with Crippen LogP contribution in [0.5, 0.6) is 0 Å². The van der Waals surface area contributed by atoms with Crippen molar-refractivity contribution in [2.75, 3.05) is 5.32 Å². The van der Waals surface area contributed by atoms with Gasteiger partial charge in [0.25, 0.3) is 0 Å². The fourth-order valence-corrected chi connectivity index (χ4v) is 3.57. The van der Waals surface area contributed by atoms with Gasteiger partial charge in [-0.1, -0.05) is 29.8 Å². The predicted octanol–water partition coefficient (Wildman–Crippen LogP) is 4.44. The van der Waals surface area contributed by atoms with Crippen LogP contribution < -0.4 is 5.32 Å². The van der Waals surface area contributed by atoms with Crippen LogP contribution in [-0.2, 0) is 4.79 Å². The predicted molar refractivity (Wildman–Crippen MR) is 99.2 cm³/mol. The molecule has 2 aromatic carbocycles. The van der Waals surface area contributed by atoms with Gasteiger partial charge < -0.3 is 15.0 Å². The van der Waals surface area contributed by atoms with Gasteiger partial charge in [0.1, 0.15) is 11.4 Å². The van der Waals surface area contributed by atoms with E-state index in [0.717, 1.165) is 5.56 Å². The smallest absolute Gasteiger partial charge is 0.339 e. The van der Waals surface area contributed by atoms with Crippen molar-refractivity contribution in [3.8, 4) is 5.69 Å². The lowest BCUT2D eigenvalue weighted by Gasteiger charge is -2.26. The number of hydrogen-bond acceptors (Lipinski definition) is 2. The van der Waals surface area contributed by atoms with E-state index in [-0.39, 0.29) is 29.5 Å². The molecule has 1 aliphatic heterocycles. The third kappa shape index (κ3) is 3.08. The minimum atomic E-state index is -1.17. The fourth-order valence-electron chi connectivity index (χ4n) is 3.44. The van der Waals surface area contributed by atoms with Gasteiger partial charge in [-0.15, -0.1) is 0 Å². The zero-order valence-corrected chi connectivity index (χ0v) is 14.7. The molecular weight excluding hydrogens is 371 g/mol. The van der Waals surface area contributed by atoms with Crippen LogP contribution in [0.25, 0.3) is 5.69 Å². The van der Waals surface area contributed by atoms with Crippen LogP contribution in [0.2, 0.25) is 5.02 Å². The molecule has 0 spiro atoms. The number of carboxylic acids is 1. The highest BCUT2D eigenvalue weighted by molar-refractivity contribution is 6.30. The molecule has 1 amide bonds. The third-order valence-corrected chi connectivity index (χ3v) is 4.87. The number of carboxylic acid groups (broad SMARTS) is 1. The molecule has 0 radical (unpaired) electrons. The van der Waals surface area contributed by atoms with Gasteiger partial charge in [-0.05, 0) is 35.9 Å². The van der Waals surface area contributed by atoms with E-state index in [1.165, 1.54) is 18.3 Å². The molecule has 0 saturated carbocycles. The summed E-state index contributed by atoms with van der Waals surface area (Å²) in [6, 6.07) is 12.9. The third-order valence-electron chi connectivity index (χ3n) is 4.62. The highest BCUT2D eigenvalue weighted by atomic mass is 35.5. The molecule has 4 rings (SSSR count). The summed E-state index contributed by atoms with van der Waals surface area (Å²) in [5.41, 5.74) is 2.10. The Morgan fingerprint density at radius 1 is 1.22 bits per heavy atom. The summed E-state index contributed by atoms with van der Waals surface area (Å²) in [6.07, 6.45) is 1.56. The number of hydrogen-bond donors (Lipinski definition) is 2. The molecule has 1 aliphatic rings. The number of amides is 1. The first-order valence-electron chi connectivity index (χ1n) is 8.24. The summed E-state index contributed by atoms with van der Waals surface area (Å²) in [4.78, 5) is 24.0. The number of fused-ring (bicyclic) bond motifs is 1. The molecule has 2 N–H and O–H groups in total. The summed E-state index contributed by atoms with van der Waals surface area (Å²) < 4.78 is 15.4. The second kappa shape index (κ2) is 6.55. The summed E-state index contributed by atoms with van der Waals surface area (Å²) in [7, 11) is 0. The van der Waals surface area contributed by atoms with Crippen molar-refractivity contribution in [3.05, 3.63) is 82.4 Å². The minimum Gasteiger partial charge on any atom is -0.478 e. The largest absolute Gasteiger partial charge is 0.478 e. The first-order chi connectivity index (χ1) is 12.9. The van der Waals surface area contributed by atoms with E-state index in [1.807, 2.05) is 0 Å². The van der Waals surface area contributed by atoms with Gasteiger partial charge in [0, 0.05) is 29.2 Å². The van der Waals surface area contributed by atoms with Crippen molar-refractivity contribution in [1.29, 1.82) is 0 Å². The molecule has 0 bridgehead atoms. The Morgan fingerprint density at radius 3 is 2.63 bits per heavy atom. The highest BCUT2D eigenvalue weighted by Gasteiger charge is 2.34. The Kier molecular flexibility index (Phi) is 4.20. The maximum absolute atomic E-state index is 13.8. The van der Waals surface area contributed by atoms with E-state index < -0.39 is 11.8 Å². The molecule has 0 aliphatic carbocycles. The summed E-state index contributed by atoms with van der Waals surface area (Å²) in [5.74, 6) is -2.27. The first-order valence-corrected chi connectivity index (χ1v) is 8.61. The lowest BCUT2D eigenvalue weighted by atomic mass is 9.88. The molecule has 0 saturated heterocycles. The Labute approximate surface area is 159 Å². The van der Waals surface area contributed by atoms with Crippen molar-refractivity contribution in [2.45, 2.75) is 12.3 Å². The number of anilines is 1. The number of nitrogens with one attached hydrogen (secondary N) is 1. The number of halogens is 2. The van der Waals surface area contributed by atoms with Gasteiger partial charge in [-0.25, -0.2) is 9.18 Å². The van der Waals surface area contributed by atoms with Crippen molar-refractivity contribution in [2.24, 2.45) is 0 Å². The number of rotatable bonds is 3. The van der Waals surface area contributed by atoms with Crippen LogP contribution >= 0.6 is 11.6 Å². The number of carbonyl (C=O) groups excluding carboxylic acids is 1. The van der Waals surface area contributed by atoms with Crippen LogP contribution in [0.15, 0.2) is 54.7 Å².